The Morgan fingerprint density at radius 3 is 1.76 bits per heavy atom. The van der Waals surface area contributed by atoms with Crippen molar-refractivity contribution >= 4 is 11.8 Å². The average molecular weight is 282 g/mol. The lowest BCUT2D eigenvalue weighted by Gasteiger charge is -2.18. The molecule has 0 unspecified atom stereocenters. The van der Waals surface area contributed by atoms with Gasteiger partial charge in [0.2, 0.25) is 11.8 Å². The average Bonchev–Trinajstić information content (AvgIpc) is 2.55. The number of benzene rings is 2. The molecule has 0 aliphatic rings. The molecule has 0 heterocycles. The molecule has 0 fully saturated rings. The van der Waals surface area contributed by atoms with Gasteiger partial charge in [-0.3, -0.25) is 20.4 Å². The lowest BCUT2D eigenvalue weighted by atomic mass is 9.91. The van der Waals surface area contributed by atoms with Gasteiger partial charge in [0.15, 0.2) is 0 Å². The number of hydrogen-bond donors (Lipinski definition) is 2. The Bertz CT molecular complexity index is 557. The highest BCUT2D eigenvalue weighted by atomic mass is 16.2. The number of hydrogen-bond acceptors (Lipinski definition) is 2. The second-order valence-electron chi connectivity index (χ2n) is 4.65. The van der Waals surface area contributed by atoms with Crippen molar-refractivity contribution in [3.05, 3.63) is 71.8 Å². The van der Waals surface area contributed by atoms with Crippen molar-refractivity contribution in [1.82, 2.24) is 10.9 Å². The molecule has 4 heteroatoms. The van der Waals surface area contributed by atoms with E-state index in [1.807, 2.05) is 60.7 Å². The van der Waals surface area contributed by atoms with E-state index >= 15 is 0 Å². The van der Waals surface area contributed by atoms with E-state index in [-0.39, 0.29) is 11.8 Å². The van der Waals surface area contributed by atoms with Gasteiger partial charge in [0.1, 0.15) is 0 Å². The topological polar surface area (TPSA) is 58.2 Å². The SMILES string of the molecule is CCC(=O)NNC(=O)C(c1ccccc1)c1ccccc1. The molecule has 4 nitrogen and oxygen atoms in total. The molecule has 0 atom stereocenters. The Labute approximate surface area is 124 Å². The maximum absolute atomic E-state index is 12.4. The van der Waals surface area contributed by atoms with E-state index in [2.05, 4.69) is 10.9 Å². The lowest BCUT2D eigenvalue weighted by Crippen LogP contribution is -2.43. The summed E-state index contributed by atoms with van der Waals surface area (Å²) in [6.45, 7) is 1.73. The first kappa shape index (κ1) is 14.8. The van der Waals surface area contributed by atoms with Gasteiger partial charge in [-0.25, -0.2) is 0 Å². The maximum atomic E-state index is 12.4. The molecule has 2 rings (SSSR count). The summed E-state index contributed by atoms with van der Waals surface area (Å²) in [7, 11) is 0. The summed E-state index contributed by atoms with van der Waals surface area (Å²) in [5, 5.41) is 0. The van der Waals surface area contributed by atoms with Crippen molar-refractivity contribution in [3.63, 3.8) is 0 Å². The minimum atomic E-state index is -0.454. The molecule has 21 heavy (non-hydrogen) atoms. The van der Waals surface area contributed by atoms with Crippen LogP contribution in [0, 0.1) is 0 Å². The molecule has 108 valence electrons. The molecule has 0 radical (unpaired) electrons. The van der Waals surface area contributed by atoms with Crippen LogP contribution in [0.25, 0.3) is 0 Å². The van der Waals surface area contributed by atoms with Crippen LogP contribution in [-0.4, -0.2) is 11.8 Å². The fraction of sp³-hybridized carbons (Fsp3) is 0.176. The zero-order valence-corrected chi connectivity index (χ0v) is 11.9. The fourth-order valence-corrected chi connectivity index (χ4v) is 2.08. The van der Waals surface area contributed by atoms with Crippen LogP contribution in [0.5, 0.6) is 0 Å². The third kappa shape index (κ3) is 3.92. The Balaban J connectivity index is 2.25. The van der Waals surface area contributed by atoms with Crippen molar-refractivity contribution in [2.45, 2.75) is 19.3 Å². The van der Waals surface area contributed by atoms with Crippen LogP contribution < -0.4 is 10.9 Å². The Morgan fingerprint density at radius 1 is 0.857 bits per heavy atom. The van der Waals surface area contributed by atoms with Crippen LogP contribution in [0.4, 0.5) is 0 Å². The molecule has 2 amide bonds. The zero-order chi connectivity index (χ0) is 15.1. The van der Waals surface area contributed by atoms with Crippen LogP contribution >= 0.6 is 0 Å². The van der Waals surface area contributed by atoms with Crippen molar-refractivity contribution in [2.24, 2.45) is 0 Å². The summed E-state index contributed by atoms with van der Waals surface area (Å²) >= 11 is 0. The number of amides is 2. The monoisotopic (exact) mass is 282 g/mol. The number of carbonyl (C=O) groups is 2. The van der Waals surface area contributed by atoms with E-state index in [1.54, 1.807) is 6.92 Å². The van der Waals surface area contributed by atoms with E-state index < -0.39 is 5.92 Å². The summed E-state index contributed by atoms with van der Waals surface area (Å²) in [4.78, 5) is 23.7. The molecule has 0 saturated carbocycles. The van der Waals surface area contributed by atoms with E-state index in [1.165, 1.54) is 0 Å². The van der Waals surface area contributed by atoms with Gasteiger partial charge in [0.25, 0.3) is 0 Å². The van der Waals surface area contributed by atoms with Gasteiger partial charge >= 0.3 is 0 Å². The number of rotatable bonds is 4. The summed E-state index contributed by atoms with van der Waals surface area (Å²) in [5.74, 6) is -0.929. The molecule has 0 bridgehead atoms. The lowest BCUT2D eigenvalue weighted by molar-refractivity contribution is -0.129. The van der Waals surface area contributed by atoms with Gasteiger partial charge in [0, 0.05) is 6.42 Å². The van der Waals surface area contributed by atoms with Crippen LogP contribution in [-0.2, 0) is 9.59 Å². The Hall–Kier alpha value is -2.62. The minimum absolute atomic E-state index is 0.219. The number of carbonyl (C=O) groups excluding carboxylic acids is 2. The fourth-order valence-electron chi connectivity index (χ4n) is 2.08. The highest BCUT2D eigenvalue weighted by Gasteiger charge is 2.22. The first-order valence-electron chi connectivity index (χ1n) is 6.91. The third-order valence-corrected chi connectivity index (χ3v) is 3.17. The van der Waals surface area contributed by atoms with Gasteiger partial charge in [-0.05, 0) is 11.1 Å². The van der Waals surface area contributed by atoms with E-state index in [0.29, 0.717) is 6.42 Å². The summed E-state index contributed by atoms with van der Waals surface area (Å²) in [6.07, 6.45) is 0.321. The quantitative estimate of drug-likeness (QED) is 0.846. The highest BCUT2D eigenvalue weighted by Crippen LogP contribution is 2.24. The van der Waals surface area contributed by atoms with Gasteiger partial charge < -0.3 is 0 Å². The standard InChI is InChI=1S/C17H18N2O2/c1-2-15(20)18-19-17(21)16(13-9-5-3-6-10-13)14-11-7-4-8-12-14/h3-12,16H,2H2,1H3,(H,18,20)(H,19,21). The van der Waals surface area contributed by atoms with E-state index in [9.17, 15) is 9.59 Å². The normalized spacial score (nSPS) is 10.2. The molecule has 2 N–H and O–H groups in total. The Morgan fingerprint density at radius 2 is 1.33 bits per heavy atom. The summed E-state index contributed by atoms with van der Waals surface area (Å²) in [6, 6.07) is 19.0. The first-order chi connectivity index (χ1) is 10.2. The molecule has 0 aliphatic carbocycles. The predicted octanol–water partition coefficient (Wildman–Crippen LogP) is 2.38. The second-order valence-corrected chi connectivity index (χ2v) is 4.65. The van der Waals surface area contributed by atoms with Gasteiger partial charge in [-0.1, -0.05) is 67.6 Å². The van der Waals surface area contributed by atoms with Crippen molar-refractivity contribution in [2.75, 3.05) is 0 Å². The molecule has 0 spiro atoms. The molecule has 0 aliphatic heterocycles. The van der Waals surface area contributed by atoms with Gasteiger partial charge in [-0.2, -0.15) is 0 Å². The smallest absolute Gasteiger partial charge is 0.250 e. The van der Waals surface area contributed by atoms with Gasteiger partial charge in [-0.15, -0.1) is 0 Å². The first-order valence-corrected chi connectivity index (χ1v) is 6.91. The van der Waals surface area contributed by atoms with Gasteiger partial charge in [0.05, 0.1) is 5.92 Å². The van der Waals surface area contributed by atoms with Crippen LogP contribution in [0.1, 0.15) is 30.4 Å². The molecule has 2 aromatic rings. The largest absolute Gasteiger partial charge is 0.273 e. The second kappa shape index (κ2) is 7.24. The van der Waals surface area contributed by atoms with Crippen molar-refractivity contribution < 1.29 is 9.59 Å². The predicted molar refractivity (Wildman–Crippen MR) is 81.3 cm³/mol. The third-order valence-electron chi connectivity index (χ3n) is 3.17. The molecular formula is C17H18N2O2. The zero-order valence-electron chi connectivity index (χ0n) is 11.9. The van der Waals surface area contributed by atoms with Crippen LogP contribution in [0.3, 0.4) is 0 Å². The van der Waals surface area contributed by atoms with E-state index in [4.69, 9.17) is 0 Å². The molecule has 0 aromatic heterocycles. The van der Waals surface area contributed by atoms with Crippen LogP contribution in [0.15, 0.2) is 60.7 Å². The van der Waals surface area contributed by atoms with E-state index in [0.717, 1.165) is 11.1 Å². The van der Waals surface area contributed by atoms with Crippen molar-refractivity contribution in [3.8, 4) is 0 Å². The number of hydrazine groups is 1. The minimum Gasteiger partial charge on any atom is -0.273 e. The highest BCUT2D eigenvalue weighted by molar-refractivity contribution is 5.89. The Kier molecular flexibility index (Phi) is 5.10. The molecular weight excluding hydrogens is 264 g/mol. The maximum Gasteiger partial charge on any atom is 0.250 e. The van der Waals surface area contributed by atoms with Crippen LogP contribution in [0.2, 0.25) is 0 Å². The van der Waals surface area contributed by atoms with Crippen molar-refractivity contribution in [1.29, 1.82) is 0 Å². The number of nitrogens with one attached hydrogen (secondary N) is 2. The summed E-state index contributed by atoms with van der Waals surface area (Å²) in [5.41, 5.74) is 6.67. The molecule has 2 aromatic carbocycles. The summed E-state index contributed by atoms with van der Waals surface area (Å²) < 4.78 is 0. The molecule has 0 saturated heterocycles.